The third-order valence-electron chi connectivity index (χ3n) is 5.98. The van der Waals surface area contributed by atoms with Gasteiger partial charge in [0.2, 0.25) is 0 Å². The summed E-state index contributed by atoms with van der Waals surface area (Å²) < 4.78 is 24.3. The molecule has 0 aliphatic carbocycles. The molecule has 2 aliphatic heterocycles. The number of hydrogen-bond acceptors (Lipinski definition) is 6. The van der Waals surface area contributed by atoms with Gasteiger partial charge in [0.25, 0.3) is 11.7 Å². The van der Waals surface area contributed by atoms with Crippen LogP contribution >= 0.6 is 0 Å². The predicted molar refractivity (Wildman–Crippen MR) is 125 cm³/mol. The maximum Gasteiger partial charge on any atom is 0.295 e. The van der Waals surface area contributed by atoms with E-state index in [1.54, 1.807) is 30.3 Å². The molecule has 2 aromatic carbocycles. The maximum atomic E-state index is 13.4. The first-order valence-electron chi connectivity index (χ1n) is 11.2. The van der Waals surface area contributed by atoms with Crippen molar-refractivity contribution in [2.45, 2.75) is 6.04 Å². The molecular weight excluding hydrogens is 439 g/mol. The fourth-order valence-corrected chi connectivity index (χ4v) is 4.20. The molecule has 0 bridgehead atoms. The summed E-state index contributed by atoms with van der Waals surface area (Å²) in [4.78, 5) is 29.8. The lowest BCUT2D eigenvalue weighted by Crippen LogP contribution is -2.42. The van der Waals surface area contributed by atoms with Gasteiger partial charge in [-0.1, -0.05) is 24.8 Å². The minimum Gasteiger partial charge on any atom is -0.507 e. The van der Waals surface area contributed by atoms with Gasteiger partial charge < -0.3 is 19.5 Å². The molecule has 2 aliphatic rings. The Morgan fingerprint density at radius 1 is 1.09 bits per heavy atom. The van der Waals surface area contributed by atoms with E-state index >= 15 is 0 Å². The molecule has 178 valence electrons. The molecule has 0 unspecified atom stereocenters. The van der Waals surface area contributed by atoms with Crippen molar-refractivity contribution in [1.29, 1.82) is 0 Å². The average molecular weight is 467 g/mol. The molecule has 1 atom stereocenters. The van der Waals surface area contributed by atoms with Crippen molar-refractivity contribution in [3.05, 3.63) is 83.7 Å². The number of hydrogen-bond donors (Lipinski definition) is 1. The highest BCUT2D eigenvalue weighted by molar-refractivity contribution is 6.46. The second kappa shape index (κ2) is 10.6. The number of nitrogens with zero attached hydrogens (tertiary/aromatic N) is 2. The number of benzene rings is 2. The number of ether oxygens (including phenoxy) is 2. The smallest absolute Gasteiger partial charge is 0.295 e. The van der Waals surface area contributed by atoms with E-state index in [0.29, 0.717) is 44.2 Å². The van der Waals surface area contributed by atoms with Crippen molar-refractivity contribution >= 4 is 17.4 Å². The van der Waals surface area contributed by atoms with Crippen LogP contribution in [0.1, 0.15) is 17.2 Å². The molecule has 2 fully saturated rings. The third kappa shape index (κ3) is 5.03. The van der Waals surface area contributed by atoms with Crippen molar-refractivity contribution in [3.63, 3.8) is 0 Å². The summed E-state index contributed by atoms with van der Waals surface area (Å²) in [6.45, 7) is 7.61. The van der Waals surface area contributed by atoms with Gasteiger partial charge in [-0.3, -0.25) is 14.5 Å². The number of amides is 1. The van der Waals surface area contributed by atoms with Gasteiger partial charge in [0, 0.05) is 31.7 Å². The van der Waals surface area contributed by atoms with Crippen LogP contribution in [0, 0.1) is 5.82 Å². The Hall–Kier alpha value is -3.49. The van der Waals surface area contributed by atoms with Crippen molar-refractivity contribution in [2.75, 3.05) is 46.0 Å². The molecule has 8 heteroatoms. The zero-order valence-electron chi connectivity index (χ0n) is 18.8. The fraction of sp³-hybridized carbons (Fsp3) is 0.308. The SMILES string of the molecule is C=CCOc1ccc([C@H]2/C(=C(\O)c3ccc(F)cc3)C(=O)C(=O)N2CCN2CCOCC2)cc1. The highest BCUT2D eigenvalue weighted by Crippen LogP contribution is 2.39. The molecule has 34 heavy (non-hydrogen) atoms. The molecule has 2 heterocycles. The first-order chi connectivity index (χ1) is 16.5. The van der Waals surface area contributed by atoms with Gasteiger partial charge in [-0.25, -0.2) is 4.39 Å². The van der Waals surface area contributed by atoms with E-state index in [1.165, 1.54) is 29.2 Å². The molecular formula is C26H27FN2O5. The molecule has 1 N–H and O–H groups in total. The third-order valence-corrected chi connectivity index (χ3v) is 5.98. The number of rotatable bonds is 8. The Labute approximate surface area is 197 Å². The van der Waals surface area contributed by atoms with E-state index in [-0.39, 0.29) is 16.9 Å². The molecule has 0 aromatic heterocycles. The van der Waals surface area contributed by atoms with Gasteiger partial charge in [-0.05, 0) is 42.0 Å². The van der Waals surface area contributed by atoms with E-state index in [1.807, 2.05) is 0 Å². The van der Waals surface area contributed by atoms with Crippen LogP contribution in [-0.4, -0.2) is 72.6 Å². The summed E-state index contributed by atoms with van der Waals surface area (Å²) >= 11 is 0. The van der Waals surface area contributed by atoms with Crippen LogP contribution < -0.4 is 4.74 Å². The van der Waals surface area contributed by atoms with Gasteiger partial charge >= 0.3 is 0 Å². The highest BCUT2D eigenvalue weighted by Gasteiger charge is 2.46. The Morgan fingerprint density at radius 3 is 2.41 bits per heavy atom. The van der Waals surface area contributed by atoms with Crippen molar-refractivity contribution in [3.8, 4) is 5.75 Å². The van der Waals surface area contributed by atoms with Gasteiger partial charge in [0.15, 0.2) is 0 Å². The fourth-order valence-electron chi connectivity index (χ4n) is 4.20. The summed E-state index contributed by atoms with van der Waals surface area (Å²) in [6.07, 6.45) is 1.64. The second-order valence-corrected chi connectivity index (χ2v) is 8.12. The maximum absolute atomic E-state index is 13.4. The molecule has 0 spiro atoms. The van der Waals surface area contributed by atoms with Crippen molar-refractivity contribution < 1.29 is 28.6 Å². The standard InChI is InChI=1S/C26H27FN2O5/c1-2-15-34-21-9-5-18(6-10-21)23-22(24(30)19-3-7-20(27)8-4-19)25(31)26(32)29(23)12-11-28-13-16-33-17-14-28/h2-10,23,30H,1,11-17H2/b24-22+/t23-/m0/s1. The average Bonchev–Trinajstić information content (AvgIpc) is 3.12. The number of ketones is 1. The summed E-state index contributed by atoms with van der Waals surface area (Å²) in [5.74, 6) is -1.61. The number of halogens is 1. The number of carbonyl (C=O) groups excluding carboxylic acids is 2. The largest absolute Gasteiger partial charge is 0.507 e. The molecule has 0 saturated carbocycles. The quantitative estimate of drug-likeness (QED) is 0.279. The lowest BCUT2D eigenvalue weighted by Gasteiger charge is -2.31. The van der Waals surface area contributed by atoms with E-state index in [0.717, 1.165) is 13.1 Å². The number of morpholine rings is 1. The lowest BCUT2D eigenvalue weighted by molar-refractivity contribution is -0.140. The van der Waals surface area contributed by atoms with Gasteiger partial charge in [-0.2, -0.15) is 0 Å². The summed E-state index contributed by atoms with van der Waals surface area (Å²) in [5.41, 5.74) is 0.914. The van der Waals surface area contributed by atoms with E-state index in [9.17, 15) is 19.1 Å². The van der Waals surface area contributed by atoms with Crippen molar-refractivity contribution in [1.82, 2.24) is 9.80 Å². The zero-order chi connectivity index (χ0) is 24.1. The molecule has 7 nitrogen and oxygen atoms in total. The van der Waals surface area contributed by atoms with E-state index in [4.69, 9.17) is 9.47 Å². The predicted octanol–water partition coefficient (Wildman–Crippen LogP) is 3.14. The molecule has 2 saturated heterocycles. The number of likely N-dealkylation sites (tertiary alicyclic amines) is 1. The lowest BCUT2D eigenvalue weighted by atomic mass is 9.95. The summed E-state index contributed by atoms with van der Waals surface area (Å²) in [5, 5.41) is 11.0. The van der Waals surface area contributed by atoms with E-state index < -0.39 is 23.5 Å². The molecule has 2 aromatic rings. The number of aliphatic hydroxyl groups excluding tert-OH is 1. The van der Waals surface area contributed by atoms with Crippen LogP contribution in [0.25, 0.3) is 5.76 Å². The number of carbonyl (C=O) groups is 2. The molecule has 1 amide bonds. The summed E-state index contributed by atoms with van der Waals surface area (Å²) in [7, 11) is 0. The zero-order valence-corrected chi connectivity index (χ0v) is 18.8. The Kier molecular flexibility index (Phi) is 7.40. The minimum absolute atomic E-state index is 0.0154. The first kappa shape index (κ1) is 23.7. The number of aliphatic hydroxyl groups is 1. The second-order valence-electron chi connectivity index (χ2n) is 8.12. The summed E-state index contributed by atoms with van der Waals surface area (Å²) in [6, 6.07) is 11.4. The van der Waals surface area contributed by atoms with Crippen molar-refractivity contribution in [2.24, 2.45) is 0 Å². The topological polar surface area (TPSA) is 79.3 Å². The van der Waals surface area contributed by atoms with Crippen LogP contribution in [0.5, 0.6) is 5.75 Å². The van der Waals surface area contributed by atoms with Crippen LogP contribution in [0.2, 0.25) is 0 Å². The Balaban J connectivity index is 1.70. The van der Waals surface area contributed by atoms with Crippen LogP contribution in [0.3, 0.4) is 0 Å². The molecule has 0 radical (unpaired) electrons. The van der Waals surface area contributed by atoms with Gasteiger partial charge in [-0.15, -0.1) is 0 Å². The van der Waals surface area contributed by atoms with Crippen LogP contribution in [-0.2, 0) is 14.3 Å². The Bertz CT molecular complexity index is 1080. The van der Waals surface area contributed by atoms with Crippen LogP contribution in [0.4, 0.5) is 4.39 Å². The van der Waals surface area contributed by atoms with E-state index in [2.05, 4.69) is 11.5 Å². The molecule has 4 rings (SSSR count). The normalized spacial score (nSPS) is 20.5. The van der Waals surface area contributed by atoms with Gasteiger partial charge in [0.1, 0.15) is 23.9 Å². The highest BCUT2D eigenvalue weighted by atomic mass is 19.1. The minimum atomic E-state index is -0.778. The number of Topliss-reactive ketones (excluding diaryl/α,β-unsaturated/α-hetero) is 1. The Morgan fingerprint density at radius 2 is 1.76 bits per heavy atom. The van der Waals surface area contributed by atoms with Crippen LogP contribution in [0.15, 0.2) is 66.8 Å². The first-order valence-corrected chi connectivity index (χ1v) is 11.2. The van der Waals surface area contributed by atoms with Gasteiger partial charge in [0.05, 0.1) is 24.8 Å². The monoisotopic (exact) mass is 466 g/mol.